The molecule has 0 unspecified atom stereocenters. The molecule has 0 fully saturated rings. The van der Waals surface area contributed by atoms with Crippen molar-refractivity contribution in [3.63, 3.8) is 0 Å². The van der Waals surface area contributed by atoms with Gasteiger partial charge in [-0.2, -0.15) is 0 Å². The highest BCUT2D eigenvalue weighted by Crippen LogP contribution is 2.28. The maximum absolute atomic E-state index is 12.4. The Hall–Kier alpha value is -3.13. The van der Waals surface area contributed by atoms with Gasteiger partial charge in [0, 0.05) is 22.8 Å². The molecule has 7 nitrogen and oxygen atoms in total. The van der Waals surface area contributed by atoms with E-state index in [0.717, 1.165) is 5.56 Å². The summed E-state index contributed by atoms with van der Waals surface area (Å²) in [5.74, 6) is -0.0159. The first-order chi connectivity index (χ1) is 12.8. The summed E-state index contributed by atoms with van der Waals surface area (Å²) in [7, 11) is 0. The molecule has 0 atom stereocenters. The summed E-state index contributed by atoms with van der Waals surface area (Å²) in [6.45, 7) is 5.88. The second-order valence-electron chi connectivity index (χ2n) is 6.40. The number of aromatic nitrogens is 2. The minimum atomic E-state index is -0.504. The molecule has 1 aromatic heterocycles. The van der Waals surface area contributed by atoms with Gasteiger partial charge in [0.2, 0.25) is 5.13 Å². The van der Waals surface area contributed by atoms with Gasteiger partial charge >= 0.3 is 0 Å². The van der Waals surface area contributed by atoms with Crippen molar-refractivity contribution in [2.45, 2.75) is 26.7 Å². The van der Waals surface area contributed by atoms with Crippen molar-refractivity contribution in [2.24, 2.45) is 0 Å². The number of hydrogen-bond acceptors (Lipinski definition) is 6. The van der Waals surface area contributed by atoms with Crippen LogP contribution in [-0.2, 0) is 0 Å². The van der Waals surface area contributed by atoms with Gasteiger partial charge < -0.3 is 0 Å². The van der Waals surface area contributed by atoms with Gasteiger partial charge in [-0.15, -0.1) is 10.2 Å². The fourth-order valence-electron chi connectivity index (χ4n) is 2.52. The van der Waals surface area contributed by atoms with Crippen LogP contribution in [0.25, 0.3) is 10.6 Å². The molecule has 27 heavy (non-hydrogen) atoms. The maximum Gasteiger partial charge on any atom is 0.273 e. The minimum absolute atomic E-state index is 0.0918. The van der Waals surface area contributed by atoms with Crippen LogP contribution in [-0.4, -0.2) is 21.0 Å². The Morgan fingerprint density at radius 1 is 1.15 bits per heavy atom. The predicted molar refractivity (Wildman–Crippen MR) is 105 cm³/mol. The fraction of sp³-hybridized carbons (Fsp3) is 0.211. The predicted octanol–water partition coefficient (Wildman–Crippen LogP) is 4.80. The lowest BCUT2D eigenvalue weighted by molar-refractivity contribution is -0.385. The van der Waals surface area contributed by atoms with Gasteiger partial charge in [0.25, 0.3) is 11.6 Å². The molecule has 3 aromatic rings. The molecule has 0 saturated carbocycles. The topological polar surface area (TPSA) is 98.0 Å². The van der Waals surface area contributed by atoms with E-state index in [4.69, 9.17) is 0 Å². The Kier molecular flexibility index (Phi) is 5.27. The first kappa shape index (κ1) is 18.7. The van der Waals surface area contributed by atoms with Crippen LogP contribution in [0.3, 0.4) is 0 Å². The van der Waals surface area contributed by atoms with Crippen LogP contribution in [0.4, 0.5) is 10.8 Å². The van der Waals surface area contributed by atoms with Crippen LogP contribution >= 0.6 is 11.3 Å². The van der Waals surface area contributed by atoms with E-state index in [0.29, 0.717) is 21.6 Å². The zero-order chi connectivity index (χ0) is 19.6. The average molecular weight is 382 g/mol. The molecule has 1 amide bonds. The Balaban J connectivity index is 1.76. The first-order valence-corrected chi connectivity index (χ1v) is 9.17. The third kappa shape index (κ3) is 4.17. The normalized spacial score (nSPS) is 10.8. The Bertz CT molecular complexity index is 996. The number of nitro benzene ring substituents is 1. The molecule has 0 aliphatic carbocycles. The monoisotopic (exact) mass is 382 g/mol. The number of amides is 1. The molecule has 138 valence electrons. The van der Waals surface area contributed by atoms with E-state index in [2.05, 4.69) is 29.4 Å². The second-order valence-corrected chi connectivity index (χ2v) is 7.38. The molecule has 1 heterocycles. The van der Waals surface area contributed by atoms with Crippen LogP contribution < -0.4 is 5.32 Å². The number of anilines is 1. The lowest BCUT2D eigenvalue weighted by Gasteiger charge is -2.05. The summed E-state index contributed by atoms with van der Waals surface area (Å²) in [5.41, 5.74) is 2.76. The van der Waals surface area contributed by atoms with Crippen molar-refractivity contribution in [1.82, 2.24) is 10.2 Å². The van der Waals surface area contributed by atoms with Gasteiger partial charge in [0.1, 0.15) is 5.01 Å². The summed E-state index contributed by atoms with van der Waals surface area (Å²) >= 11 is 1.25. The Labute approximate surface area is 160 Å². The fourth-order valence-corrected chi connectivity index (χ4v) is 3.26. The molecular formula is C19H18N4O3S. The number of rotatable bonds is 5. The van der Waals surface area contributed by atoms with Crippen LogP contribution in [0.15, 0.2) is 42.5 Å². The highest BCUT2D eigenvalue weighted by molar-refractivity contribution is 7.18. The van der Waals surface area contributed by atoms with E-state index in [-0.39, 0.29) is 11.3 Å². The average Bonchev–Trinajstić information content (AvgIpc) is 3.10. The first-order valence-electron chi connectivity index (χ1n) is 8.35. The molecule has 8 heteroatoms. The van der Waals surface area contributed by atoms with Crippen LogP contribution in [0, 0.1) is 17.0 Å². The standard InChI is InChI=1S/C19H18N4O3S/c1-11(2)13-6-8-14(9-7-13)18-21-22-19(27-18)20-17(24)15-5-4-12(3)16(10-15)23(25)26/h4-11H,1-3H3,(H,20,22,24). The summed E-state index contributed by atoms with van der Waals surface area (Å²) in [6, 6.07) is 12.4. The number of nitrogens with one attached hydrogen (secondary N) is 1. The van der Waals surface area contributed by atoms with Crippen LogP contribution in [0.2, 0.25) is 0 Å². The van der Waals surface area contributed by atoms with E-state index in [1.165, 1.54) is 23.0 Å². The Morgan fingerprint density at radius 2 is 1.85 bits per heavy atom. The molecule has 1 N–H and O–H groups in total. The third-order valence-electron chi connectivity index (χ3n) is 4.14. The zero-order valence-electron chi connectivity index (χ0n) is 15.1. The van der Waals surface area contributed by atoms with E-state index >= 15 is 0 Å². The van der Waals surface area contributed by atoms with E-state index in [1.54, 1.807) is 19.1 Å². The molecule has 3 rings (SSSR count). The van der Waals surface area contributed by atoms with Crippen molar-refractivity contribution in [3.05, 3.63) is 69.3 Å². The van der Waals surface area contributed by atoms with E-state index in [1.807, 2.05) is 24.3 Å². The molecule has 0 aliphatic rings. The number of benzene rings is 2. The van der Waals surface area contributed by atoms with E-state index in [9.17, 15) is 14.9 Å². The lowest BCUT2D eigenvalue weighted by atomic mass is 10.0. The summed E-state index contributed by atoms with van der Waals surface area (Å²) in [6.07, 6.45) is 0. The van der Waals surface area contributed by atoms with Crippen molar-refractivity contribution >= 4 is 28.1 Å². The molecule has 0 spiro atoms. The number of carbonyl (C=O) groups excluding carboxylic acids is 1. The molecule has 0 aliphatic heterocycles. The van der Waals surface area contributed by atoms with Crippen molar-refractivity contribution in [1.29, 1.82) is 0 Å². The second kappa shape index (κ2) is 7.63. The van der Waals surface area contributed by atoms with Crippen molar-refractivity contribution < 1.29 is 9.72 Å². The molecule has 2 aromatic carbocycles. The quantitative estimate of drug-likeness (QED) is 0.505. The van der Waals surface area contributed by atoms with Gasteiger partial charge in [0.15, 0.2) is 0 Å². The van der Waals surface area contributed by atoms with Crippen molar-refractivity contribution in [2.75, 3.05) is 5.32 Å². The number of carbonyl (C=O) groups is 1. The van der Waals surface area contributed by atoms with Gasteiger partial charge in [-0.1, -0.05) is 55.5 Å². The van der Waals surface area contributed by atoms with Gasteiger partial charge in [0.05, 0.1) is 4.92 Å². The maximum atomic E-state index is 12.4. The van der Waals surface area contributed by atoms with Crippen molar-refractivity contribution in [3.8, 4) is 10.6 Å². The largest absolute Gasteiger partial charge is 0.296 e. The van der Waals surface area contributed by atoms with Crippen LogP contribution in [0.1, 0.15) is 41.3 Å². The number of aryl methyl sites for hydroxylation is 1. The molecule has 0 saturated heterocycles. The van der Waals surface area contributed by atoms with Gasteiger partial charge in [-0.25, -0.2) is 0 Å². The van der Waals surface area contributed by atoms with Crippen LogP contribution in [0.5, 0.6) is 0 Å². The molecular weight excluding hydrogens is 364 g/mol. The van der Waals surface area contributed by atoms with Gasteiger partial charge in [-0.05, 0) is 24.5 Å². The third-order valence-corrected chi connectivity index (χ3v) is 5.03. The summed E-state index contributed by atoms with van der Waals surface area (Å²) in [5, 5.41) is 22.8. The highest BCUT2D eigenvalue weighted by Gasteiger charge is 2.16. The minimum Gasteiger partial charge on any atom is -0.296 e. The zero-order valence-corrected chi connectivity index (χ0v) is 15.9. The SMILES string of the molecule is Cc1ccc(C(=O)Nc2nnc(-c3ccc(C(C)C)cc3)s2)cc1[N+](=O)[O-]. The summed E-state index contributed by atoms with van der Waals surface area (Å²) < 4.78 is 0. The van der Waals surface area contributed by atoms with Gasteiger partial charge in [-0.3, -0.25) is 20.2 Å². The van der Waals surface area contributed by atoms with E-state index < -0.39 is 10.8 Å². The highest BCUT2D eigenvalue weighted by atomic mass is 32.1. The molecule has 0 bridgehead atoms. The number of nitro groups is 1. The summed E-state index contributed by atoms with van der Waals surface area (Å²) in [4.78, 5) is 22.9. The number of nitrogens with zero attached hydrogens (tertiary/aromatic N) is 3. The number of hydrogen-bond donors (Lipinski definition) is 1. The smallest absolute Gasteiger partial charge is 0.273 e. The Morgan fingerprint density at radius 3 is 2.48 bits per heavy atom. The molecule has 0 radical (unpaired) electrons. The lowest BCUT2D eigenvalue weighted by Crippen LogP contribution is -2.12.